The van der Waals surface area contributed by atoms with E-state index >= 15 is 0 Å². The fourth-order valence-electron chi connectivity index (χ4n) is 1.62. The van der Waals surface area contributed by atoms with E-state index in [1.165, 1.54) is 6.92 Å². The normalized spacial score (nSPS) is 11.9. The fraction of sp³-hybridized carbons (Fsp3) is 0.385. The van der Waals surface area contributed by atoms with E-state index < -0.39 is 0 Å². The monoisotopic (exact) mass is 249 g/mol. The summed E-state index contributed by atoms with van der Waals surface area (Å²) in [5.74, 6) is -0.414. The highest BCUT2D eigenvalue weighted by molar-refractivity contribution is 5.88. The number of nitrogens with one attached hydrogen (secondary N) is 2. The molecule has 0 saturated carbocycles. The van der Waals surface area contributed by atoms with Gasteiger partial charge in [-0.15, -0.1) is 0 Å². The lowest BCUT2D eigenvalue weighted by Crippen LogP contribution is -2.24. The van der Waals surface area contributed by atoms with Crippen LogP contribution >= 0.6 is 0 Å². The van der Waals surface area contributed by atoms with E-state index in [9.17, 15) is 9.59 Å². The Bertz CT molecular complexity index is 432. The second kappa shape index (κ2) is 6.76. The van der Waals surface area contributed by atoms with E-state index in [-0.39, 0.29) is 17.9 Å². The standard InChI is InChI=1S/C13H19N3O2/c1-9(15-7-6-13(14)18)11-4-3-5-12(8-11)16-10(2)17/h3-5,8-9,15H,6-7H2,1-2H3,(H2,14,18)(H,16,17). The Morgan fingerprint density at radius 2 is 2.11 bits per heavy atom. The Hall–Kier alpha value is -1.88. The third-order valence-electron chi connectivity index (χ3n) is 2.53. The predicted molar refractivity (Wildman–Crippen MR) is 71.0 cm³/mol. The highest BCUT2D eigenvalue weighted by atomic mass is 16.1. The van der Waals surface area contributed by atoms with Crippen molar-refractivity contribution in [3.05, 3.63) is 29.8 Å². The largest absolute Gasteiger partial charge is 0.370 e. The second-order valence-corrected chi connectivity index (χ2v) is 4.20. The summed E-state index contributed by atoms with van der Waals surface area (Å²) in [4.78, 5) is 21.6. The minimum Gasteiger partial charge on any atom is -0.370 e. The third kappa shape index (κ3) is 4.97. The van der Waals surface area contributed by atoms with Crippen molar-refractivity contribution >= 4 is 17.5 Å². The molecule has 0 fully saturated rings. The average molecular weight is 249 g/mol. The molecule has 0 aliphatic rings. The summed E-state index contributed by atoms with van der Waals surface area (Å²) in [5, 5.41) is 5.93. The molecule has 4 N–H and O–H groups in total. The van der Waals surface area contributed by atoms with Crippen molar-refractivity contribution in [3.63, 3.8) is 0 Å². The molecule has 98 valence electrons. The first-order valence-corrected chi connectivity index (χ1v) is 5.88. The minimum absolute atomic E-state index is 0.0954. The molecule has 0 aromatic heterocycles. The highest BCUT2D eigenvalue weighted by Gasteiger charge is 2.06. The lowest BCUT2D eigenvalue weighted by Gasteiger charge is -2.14. The molecule has 2 amide bonds. The molecule has 1 rings (SSSR count). The smallest absolute Gasteiger partial charge is 0.221 e. The van der Waals surface area contributed by atoms with Gasteiger partial charge in [-0.1, -0.05) is 12.1 Å². The Balaban J connectivity index is 2.59. The molecule has 1 atom stereocenters. The molecule has 1 unspecified atom stereocenters. The Labute approximate surface area is 107 Å². The van der Waals surface area contributed by atoms with Gasteiger partial charge < -0.3 is 16.4 Å². The van der Waals surface area contributed by atoms with Gasteiger partial charge in [-0.2, -0.15) is 0 Å². The number of hydrogen-bond donors (Lipinski definition) is 3. The van der Waals surface area contributed by atoms with Crippen molar-refractivity contribution in [2.75, 3.05) is 11.9 Å². The number of anilines is 1. The molecule has 1 aromatic carbocycles. The molecular weight excluding hydrogens is 230 g/mol. The highest BCUT2D eigenvalue weighted by Crippen LogP contribution is 2.17. The van der Waals surface area contributed by atoms with Gasteiger partial charge in [0.1, 0.15) is 0 Å². The molecule has 0 aliphatic carbocycles. The van der Waals surface area contributed by atoms with Crippen LogP contribution in [0.4, 0.5) is 5.69 Å². The predicted octanol–water partition coefficient (Wildman–Crippen LogP) is 1.17. The number of carbonyl (C=O) groups is 2. The third-order valence-corrected chi connectivity index (χ3v) is 2.53. The zero-order chi connectivity index (χ0) is 13.5. The van der Waals surface area contributed by atoms with Crippen LogP contribution in [0.5, 0.6) is 0 Å². The summed E-state index contributed by atoms with van der Waals surface area (Å²) in [6, 6.07) is 7.68. The minimum atomic E-state index is -0.318. The summed E-state index contributed by atoms with van der Waals surface area (Å²) < 4.78 is 0. The SMILES string of the molecule is CC(=O)Nc1cccc(C(C)NCCC(N)=O)c1. The van der Waals surface area contributed by atoms with Crippen molar-refractivity contribution in [1.29, 1.82) is 0 Å². The van der Waals surface area contributed by atoms with Gasteiger partial charge in [0.05, 0.1) is 0 Å². The Kier molecular flexibility index (Phi) is 5.32. The zero-order valence-corrected chi connectivity index (χ0v) is 10.7. The van der Waals surface area contributed by atoms with Crippen molar-refractivity contribution in [2.45, 2.75) is 26.3 Å². The molecule has 0 radical (unpaired) electrons. The number of amides is 2. The lowest BCUT2D eigenvalue weighted by molar-refractivity contribution is -0.118. The molecule has 18 heavy (non-hydrogen) atoms. The summed E-state index contributed by atoms with van der Waals surface area (Å²) in [5.41, 5.74) is 6.88. The van der Waals surface area contributed by atoms with Crippen LogP contribution in [0.2, 0.25) is 0 Å². The van der Waals surface area contributed by atoms with Crippen molar-refractivity contribution in [2.24, 2.45) is 5.73 Å². The van der Waals surface area contributed by atoms with Gasteiger partial charge in [-0.3, -0.25) is 9.59 Å². The van der Waals surface area contributed by atoms with Crippen LogP contribution in [0.1, 0.15) is 31.9 Å². The first-order valence-electron chi connectivity index (χ1n) is 5.88. The first-order chi connectivity index (χ1) is 8.49. The molecule has 0 spiro atoms. The maximum atomic E-state index is 11.0. The quantitative estimate of drug-likeness (QED) is 0.707. The van der Waals surface area contributed by atoms with Crippen LogP contribution in [0.15, 0.2) is 24.3 Å². The van der Waals surface area contributed by atoms with E-state index in [1.54, 1.807) is 0 Å². The van der Waals surface area contributed by atoms with Crippen LogP contribution in [-0.4, -0.2) is 18.4 Å². The van der Waals surface area contributed by atoms with Crippen LogP contribution in [0, 0.1) is 0 Å². The summed E-state index contributed by atoms with van der Waals surface area (Å²) in [7, 11) is 0. The van der Waals surface area contributed by atoms with Gasteiger partial charge in [-0.25, -0.2) is 0 Å². The second-order valence-electron chi connectivity index (χ2n) is 4.20. The molecule has 0 bridgehead atoms. The number of benzene rings is 1. The molecular formula is C13H19N3O2. The van der Waals surface area contributed by atoms with Gasteiger partial charge in [0.15, 0.2) is 0 Å². The number of carbonyl (C=O) groups excluding carboxylic acids is 2. The van der Waals surface area contributed by atoms with Gasteiger partial charge in [0, 0.05) is 31.6 Å². The summed E-state index contributed by atoms with van der Waals surface area (Å²) in [6.45, 7) is 4.01. The average Bonchev–Trinajstić information content (AvgIpc) is 2.27. The number of nitrogens with two attached hydrogens (primary N) is 1. The maximum Gasteiger partial charge on any atom is 0.221 e. The molecule has 0 aliphatic heterocycles. The van der Waals surface area contributed by atoms with Crippen LogP contribution in [-0.2, 0) is 9.59 Å². The van der Waals surface area contributed by atoms with E-state index in [4.69, 9.17) is 5.73 Å². The van der Waals surface area contributed by atoms with Gasteiger partial charge in [0.25, 0.3) is 0 Å². The van der Waals surface area contributed by atoms with Crippen molar-refractivity contribution in [1.82, 2.24) is 5.32 Å². The van der Waals surface area contributed by atoms with Crippen LogP contribution < -0.4 is 16.4 Å². The number of rotatable bonds is 6. The van der Waals surface area contributed by atoms with Crippen molar-refractivity contribution < 1.29 is 9.59 Å². The molecule has 0 heterocycles. The maximum absolute atomic E-state index is 11.0. The van der Waals surface area contributed by atoms with E-state index in [0.717, 1.165) is 11.3 Å². The Morgan fingerprint density at radius 1 is 1.39 bits per heavy atom. The molecule has 5 heteroatoms. The van der Waals surface area contributed by atoms with Gasteiger partial charge in [0.2, 0.25) is 11.8 Å². The number of hydrogen-bond acceptors (Lipinski definition) is 3. The Morgan fingerprint density at radius 3 is 2.72 bits per heavy atom. The van der Waals surface area contributed by atoms with Crippen LogP contribution in [0.3, 0.4) is 0 Å². The van der Waals surface area contributed by atoms with Gasteiger partial charge >= 0.3 is 0 Å². The fourth-order valence-corrected chi connectivity index (χ4v) is 1.62. The zero-order valence-electron chi connectivity index (χ0n) is 10.7. The van der Waals surface area contributed by atoms with E-state index in [0.29, 0.717) is 13.0 Å². The molecule has 0 saturated heterocycles. The van der Waals surface area contributed by atoms with Gasteiger partial charge in [-0.05, 0) is 24.6 Å². The molecule has 5 nitrogen and oxygen atoms in total. The van der Waals surface area contributed by atoms with Crippen LogP contribution in [0.25, 0.3) is 0 Å². The molecule has 1 aromatic rings. The topological polar surface area (TPSA) is 84.2 Å². The number of primary amides is 1. The summed E-state index contributed by atoms with van der Waals surface area (Å²) in [6.07, 6.45) is 0.315. The lowest BCUT2D eigenvalue weighted by atomic mass is 10.1. The van der Waals surface area contributed by atoms with E-state index in [1.807, 2.05) is 31.2 Å². The first kappa shape index (κ1) is 14.2. The van der Waals surface area contributed by atoms with Crippen molar-refractivity contribution in [3.8, 4) is 0 Å². The summed E-state index contributed by atoms with van der Waals surface area (Å²) >= 11 is 0. The van der Waals surface area contributed by atoms with E-state index in [2.05, 4.69) is 10.6 Å².